The highest BCUT2D eigenvalue weighted by atomic mass is 32.2. The Morgan fingerprint density at radius 2 is 2.26 bits per heavy atom. The quantitative estimate of drug-likeness (QED) is 0.603. The summed E-state index contributed by atoms with van der Waals surface area (Å²) in [6.45, 7) is 6.67. The van der Waals surface area contributed by atoms with Gasteiger partial charge in [-0.1, -0.05) is 12.1 Å². The van der Waals surface area contributed by atoms with Crippen LogP contribution in [0.3, 0.4) is 0 Å². The highest BCUT2D eigenvalue weighted by Gasteiger charge is 2.41. The summed E-state index contributed by atoms with van der Waals surface area (Å²) in [6, 6.07) is 6.00. The van der Waals surface area contributed by atoms with Crippen molar-refractivity contribution in [2.24, 2.45) is 7.05 Å². The lowest BCUT2D eigenvalue weighted by Crippen LogP contribution is -2.52. The van der Waals surface area contributed by atoms with Gasteiger partial charge in [0.05, 0.1) is 23.3 Å². The van der Waals surface area contributed by atoms with E-state index in [0.29, 0.717) is 11.3 Å². The standard InChI is InChI=1S/C21H24N4O5S/c1-5-8-21(3,27)17-12-30-19-16(31(28,29)24-17)11-25(4)18(19)20(26)23-15-7-6-13(2)14(9-15)10-22/h5-7,9,11,17,24,27H,1,8,12H2,2-4H3,(H,23,26)/t17-,21+/m0/s1. The lowest BCUT2D eigenvalue weighted by atomic mass is 9.94. The van der Waals surface area contributed by atoms with Crippen molar-refractivity contribution in [2.75, 3.05) is 11.9 Å². The van der Waals surface area contributed by atoms with Crippen LogP contribution in [0.25, 0.3) is 0 Å². The molecule has 3 N–H and O–H groups in total. The van der Waals surface area contributed by atoms with Gasteiger partial charge in [0.2, 0.25) is 10.0 Å². The van der Waals surface area contributed by atoms with Gasteiger partial charge in [-0.2, -0.15) is 5.26 Å². The number of aryl methyl sites for hydroxylation is 2. The number of sulfonamides is 1. The van der Waals surface area contributed by atoms with E-state index in [-0.39, 0.29) is 29.4 Å². The van der Waals surface area contributed by atoms with Crippen LogP contribution in [0, 0.1) is 18.3 Å². The van der Waals surface area contributed by atoms with E-state index in [1.54, 1.807) is 19.1 Å². The second kappa shape index (κ2) is 8.19. The average molecular weight is 445 g/mol. The van der Waals surface area contributed by atoms with E-state index in [9.17, 15) is 23.6 Å². The molecule has 9 nitrogen and oxygen atoms in total. The van der Waals surface area contributed by atoms with Crippen molar-refractivity contribution >= 4 is 21.6 Å². The van der Waals surface area contributed by atoms with Gasteiger partial charge in [-0.25, -0.2) is 13.1 Å². The minimum atomic E-state index is -4.07. The number of hydrogen-bond donors (Lipinski definition) is 3. The van der Waals surface area contributed by atoms with E-state index in [1.807, 2.05) is 0 Å². The number of aromatic nitrogens is 1. The Morgan fingerprint density at radius 3 is 2.90 bits per heavy atom. The van der Waals surface area contributed by atoms with Gasteiger partial charge < -0.3 is 19.7 Å². The zero-order valence-electron chi connectivity index (χ0n) is 17.5. The smallest absolute Gasteiger partial charge is 0.276 e. The van der Waals surface area contributed by atoms with Crippen LogP contribution in [-0.2, 0) is 17.1 Å². The fourth-order valence-corrected chi connectivity index (χ4v) is 4.89. The van der Waals surface area contributed by atoms with E-state index in [0.717, 1.165) is 5.56 Å². The van der Waals surface area contributed by atoms with Gasteiger partial charge >= 0.3 is 0 Å². The van der Waals surface area contributed by atoms with Crippen LogP contribution in [0.1, 0.15) is 35.0 Å². The van der Waals surface area contributed by atoms with Crippen molar-refractivity contribution in [1.82, 2.24) is 9.29 Å². The number of nitrogens with zero attached hydrogens (tertiary/aromatic N) is 2. The zero-order chi connectivity index (χ0) is 23.0. The molecule has 31 heavy (non-hydrogen) atoms. The molecule has 2 atom stereocenters. The van der Waals surface area contributed by atoms with Crippen molar-refractivity contribution < 1.29 is 23.1 Å². The molecular weight excluding hydrogens is 420 g/mol. The number of carbonyl (C=O) groups is 1. The molecule has 1 aliphatic heterocycles. The predicted octanol–water partition coefficient (Wildman–Crippen LogP) is 1.82. The number of hydrogen-bond acceptors (Lipinski definition) is 6. The molecule has 1 amide bonds. The maximum atomic E-state index is 13.0. The highest BCUT2D eigenvalue weighted by Crippen LogP contribution is 2.34. The van der Waals surface area contributed by atoms with Gasteiger partial charge in [0.15, 0.2) is 11.4 Å². The highest BCUT2D eigenvalue weighted by molar-refractivity contribution is 7.89. The number of nitrogens with one attached hydrogen (secondary N) is 2. The number of fused-ring (bicyclic) bond motifs is 1. The topological polar surface area (TPSA) is 133 Å². The molecule has 0 spiro atoms. The molecule has 0 fully saturated rings. The first-order chi connectivity index (χ1) is 14.5. The third kappa shape index (κ3) is 4.34. The minimum Gasteiger partial charge on any atom is -0.488 e. The summed E-state index contributed by atoms with van der Waals surface area (Å²) in [5, 5.41) is 22.5. The van der Waals surface area contributed by atoms with Gasteiger partial charge in [0.25, 0.3) is 5.91 Å². The molecule has 1 aliphatic rings. The van der Waals surface area contributed by atoms with Crippen LogP contribution in [0.2, 0.25) is 0 Å². The number of rotatable bonds is 5. The Hall–Kier alpha value is -3.13. The Morgan fingerprint density at radius 1 is 1.55 bits per heavy atom. The predicted molar refractivity (Wildman–Crippen MR) is 114 cm³/mol. The molecule has 3 rings (SSSR count). The maximum absolute atomic E-state index is 13.0. The third-order valence-electron chi connectivity index (χ3n) is 5.22. The summed E-state index contributed by atoms with van der Waals surface area (Å²) in [4.78, 5) is 12.8. The van der Waals surface area contributed by atoms with Crippen molar-refractivity contribution in [3.8, 4) is 11.8 Å². The summed E-state index contributed by atoms with van der Waals surface area (Å²) in [5.74, 6) is -0.694. The molecule has 1 aromatic heterocycles. The SMILES string of the molecule is C=CC[C@@](C)(O)[C@@H]1COc2c(cn(C)c2C(=O)Nc2ccc(C)c(C#N)c2)S(=O)(=O)N1. The molecule has 0 saturated carbocycles. The van der Waals surface area contributed by atoms with Crippen molar-refractivity contribution in [1.29, 1.82) is 5.26 Å². The first-order valence-corrected chi connectivity index (χ1v) is 11.0. The summed E-state index contributed by atoms with van der Waals surface area (Å²) >= 11 is 0. The van der Waals surface area contributed by atoms with Gasteiger partial charge in [-0.05, 0) is 38.0 Å². The number of aliphatic hydroxyl groups is 1. The minimum absolute atomic E-state index is 0.00321. The van der Waals surface area contributed by atoms with Crippen LogP contribution >= 0.6 is 0 Å². The fourth-order valence-electron chi connectivity index (χ4n) is 3.37. The number of anilines is 1. The van der Waals surface area contributed by atoms with Crippen LogP contribution in [0.15, 0.2) is 41.9 Å². The first-order valence-electron chi connectivity index (χ1n) is 9.50. The van der Waals surface area contributed by atoms with Crippen LogP contribution in [0.5, 0.6) is 5.75 Å². The molecule has 2 heterocycles. The Bertz CT molecular complexity index is 1190. The van der Waals surface area contributed by atoms with E-state index in [4.69, 9.17) is 4.74 Å². The molecule has 0 radical (unpaired) electrons. The summed E-state index contributed by atoms with van der Waals surface area (Å²) < 4.78 is 35.4. The fraction of sp³-hybridized carbons (Fsp3) is 0.333. The molecule has 0 saturated heterocycles. The van der Waals surface area contributed by atoms with Gasteiger partial charge in [0.1, 0.15) is 11.5 Å². The molecule has 0 bridgehead atoms. The lowest BCUT2D eigenvalue weighted by molar-refractivity contribution is 0.0143. The van der Waals surface area contributed by atoms with Crippen LogP contribution in [0.4, 0.5) is 5.69 Å². The Labute approximate surface area is 181 Å². The molecule has 1 aromatic carbocycles. The monoisotopic (exact) mass is 444 g/mol. The molecular formula is C21H24N4O5S. The second-order valence-electron chi connectivity index (χ2n) is 7.71. The van der Waals surface area contributed by atoms with Crippen LogP contribution in [-0.4, -0.2) is 42.2 Å². The summed E-state index contributed by atoms with van der Waals surface area (Å²) in [6.07, 6.45) is 2.92. The summed E-state index contributed by atoms with van der Waals surface area (Å²) in [5.41, 5.74) is 0.149. The average Bonchev–Trinajstić information content (AvgIpc) is 2.97. The molecule has 2 aromatic rings. The van der Waals surface area contributed by atoms with Gasteiger partial charge in [-0.3, -0.25) is 4.79 Å². The Kier molecular flexibility index (Phi) is 5.96. The first kappa shape index (κ1) is 22.6. The number of carbonyl (C=O) groups excluding carboxylic acids is 1. The van der Waals surface area contributed by atoms with Gasteiger partial charge in [-0.15, -0.1) is 6.58 Å². The van der Waals surface area contributed by atoms with E-state index < -0.39 is 27.6 Å². The molecule has 164 valence electrons. The molecule has 0 unspecified atom stereocenters. The Balaban J connectivity index is 1.97. The molecule has 0 aliphatic carbocycles. The number of amides is 1. The van der Waals surface area contributed by atoms with Crippen molar-refractivity contribution in [3.63, 3.8) is 0 Å². The number of ether oxygens (including phenoxy) is 1. The number of benzene rings is 1. The normalized spacial score (nSPS) is 19.1. The van der Waals surface area contributed by atoms with E-state index in [1.165, 1.54) is 36.9 Å². The largest absolute Gasteiger partial charge is 0.488 e. The zero-order valence-corrected chi connectivity index (χ0v) is 18.3. The van der Waals surface area contributed by atoms with Crippen molar-refractivity contribution in [3.05, 3.63) is 53.9 Å². The van der Waals surface area contributed by atoms with Crippen molar-refractivity contribution in [2.45, 2.75) is 36.8 Å². The maximum Gasteiger partial charge on any atom is 0.276 e. The lowest BCUT2D eigenvalue weighted by Gasteiger charge is -2.30. The van der Waals surface area contributed by atoms with Gasteiger partial charge in [0, 0.05) is 18.9 Å². The molecule has 10 heteroatoms. The third-order valence-corrected chi connectivity index (χ3v) is 6.69. The van der Waals surface area contributed by atoms with E-state index >= 15 is 0 Å². The number of nitriles is 1. The summed E-state index contributed by atoms with van der Waals surface area (Å²) in [7, 11) is -2.54. The van der Waals surface area contributed by atoms with E-state index in [2.05, 4.69) is 22.7 Å². The van der Waals surface area contributed by atoms with Crippen LogP contribution < -0.4 is 14.8 Å². The second-order valence-corrected chi connectivity index (χ2v) is 9.39.